The second-order valence-electron chi connectivity index (χ2n) is 3.34. The maximum atomic E-state index is 4.22. The van der Waals surface area contributed by atoms with Crippen molar-refractivity contribution in [3.8, 4) is 5.82 Å². The van der Waals surface area contributed by atoms with Gasteiger partial charge >= 0.3 is 0 Å². The Morgan fingerprint density at radius 2 is 2.13 bits per heavy atom. The van der Waals surface area contributed by atoms with Crippen LogP contribution in [-0.2, 0) is 20.1 Å². The molecule has 0 aromatic carbocycles. The van der Waals surface area contributed by atoms with E-state index in [0.717, 1.165) is 11.6 Å². The zero-order chi connectivity index (χ0) is 9.97. The average Bonchev–Trinajstić information content (AvgIpc) is 2.67. The third-order valence-corrected chi connectivity index (χ3v) is 1.92. The molecule has 0 aliphatic heterocycles. The van der Waals surface area contributed by atoms with Crippen LogP contribution in [0.3, 0.4) is 0 Å². The molecule has 2 heterocycles. The Labute approximate surface area is 102 Å². The fourth-order valence-corrected chi connectivity index (χ4v) is 1.24. The van der Waals surface area contributed by atoms with Gasteiger partial charge in [0.15, 0.2) is 0 Å². The van der Waals surface area contributed by atoms with Crippen molar-refractivity contribution in [2.24, 2.45) is 0 Å². The molecule has 0 unspecified atom stereocenters. The van der Waals surface area contributed by atoms with Gasteiger partial charge in [-0.1, -0.05) is 26.0 Å². The first-order valence-corrected chi connectivity index (χ1v) is 4.53. The zero-order valence-electron chi connectivity index (χ0n) is 8.51. The van der Waals surface area contributed by atoms with Crippen LogP contribution in [-0.4, -0.2) is 19.7 Å². The van der Waals surface area contributed by atoms with Crippen molar-refractivity contribution in [1.82, 2.24) is 19.7 Å². The van der Waals surface area contributed by atoms with E-state index in [1.807, 2.05) is 18.2 Å². The number of hydrogen-bond donors (Lipinski definition) is 0. The zero-order valence-corrected chi connectivity index (χ0v) is 10.9. The number of aromatic nitrogens is 4. The van der Waals surface area contributed by atoms with E-state index in [2.05, 4.69) is 35.4 Å². The average molecular weight is 379 g/mol. The Morgan fingerprint density at radius 1 is 1.33 bits per heavy atom. The SMILES string of the molecule is CC(C)c1nn[c-]n1-c1ccccn1.[Ir]. The maximum absolute atomic E-state index is 4.22. The maximum Gasteiger partial charge on any atom is 0.0372 e. The van der Waals surface area contributed by atoms with Gasteiger partial charge in [-0.2, -0.15) is 0 Å². The minimum Gasteiger partial charge on any atom is -0.432 e. The van der Waals surface area contributed by atoms with Gasteiger partial charge in [0.05, 0.1) is 0 Å². The van der Waals surface area contributed by atoms with Crippen LogP contribution < -0.4 is 0 Å². The summed E-state index contributed by atoms with van der Waals surface area (Å²) in [5, 5.41) is 7.78. The first-order valence-electron chi connectivity index (χ1n) is 4.53. The molecule has 0 aliphatic carbocycles. The molecule has 0 amide bonds. The van der Waals surface area contributed by atoms with Gasteiger partial charge in [-0.25, -0.2) is 10.2 Å². The van der Waals surface area contributed by atoms with Gasteiger partial charge in [0, 0.05) is 44.3 Å². The third kappa shape index (κ3) is 2.49. The summed E-state index contributed by atoms with van der Waals surface area (Å²) >= 11 is 0. The molecule has 5 heteroatoms. The Hall–Kier alpha value is -1.06. The molecule has 0 aliphatic rings. The van der Waals surface area contributed by atoms with E-state index in [4.69, 9.17) is 0 Å². The summed E-state index contributed by atoms with van der Waals surface area (Å²) in [7, 11) is 0. The van der Waals surface area contributed by atoms with Crippen LogP contribution in [0.1, 0.15) is 25.6 Å². The molecule has 1 radical (unpaired) electrons. The van der Waals surface area contributed by atoms with Crippen molar-refractivity contribution in [2.75, 3.05) is 0 Å². The summed E-state index contributed by atoms with van der Waals surface area (Å²) in [5.74, 6) is 2.00. The van der Waals surface area contributed by atoms with Crippen LogP contribution in [0.15, 0.2) is 24.4 Å². The van der Waals surface area contributed by atoms with Gasteiger partial charge in [0.25, 0.3) is 0 Å². The minimum atomic E-state index is 0. The van der Waals surface area contributed by atoms with Crippen LogP contribution >= 0.6 is 0 Å². The van der Waals surface area contributed by atoms with Gasteiger partial charge in [0.1, 0.15) is 0 Å². The largest absolute Gasteiger partial charge is 0.432 e. The van der Waals surface area contributed by atoms with E-state index in [-0.39, 0.29) is 20.1 Å². The molecular formula is C10H11IrN4-. The van der Waals surface area contributed by atoms with E-state index < -0.39 is 0 Å². The van der Waals surface area contributed by atoms with Gasteiger partial charge in [0.2, 0.25) is 0 Å². The second-order valence-corrected chi connectivity index (χ2v) is 3.34. The van der Waals surface area contributed by atoms with Crippen molar-refractivity contribution >= 4 is 0 Å². The quantitative estimate of drug-likeness (QED) is 0.745. The Kier molecular flexibility index (Phi) is 4.12. The normalized spacial score (nSPS) is 10.1. The molecule has 0 saturated heterocycles. The van der Waals surface area contributed by atoms with E-state index in [9.17, 15) is 0 Å². The Bertz CT molecular complexity index is 410. The van der Waals surface area contributed by atoms with Crippen LogP contribution in [0.5, 0.6) is 0 Å². The van der Waals surface area contributed by atoms with Crippen molar-refractivity contribution in [1.29, 1.82) is 0 Å². The fourth-order valence-electron chi connectivity index (χ4n) is 1.24. The van der Waals surface area contributed by atoms with Crippen molar-refractivity contribution in [2.45, 2.75) is 19.8 Å². The molecule has 2 rings (SSSR count). The molecular weight excluding hydrogens is 368 g/mol. The number of pyridine rings is 1. The molecule has 0 N–H and O–H groups in total. The smallest absolute Gasteiger partial charge is 0.0372 e. The molecule has 2 aromatic heterocycles. The van der Waals surface area contributed by atoms with E-state index >= 15 is 0 Å². The molecule has 0 bridgehead atoms. The van der Waals surface area contributed by atoms with E-state index in [1.54, 1.807) is 10.8 Å². The first kappa shape index (κ1) is 12.0. The minimum absolute atomic E-state index is 0. The molecule has 15 heavy (non-hydrogen) atoms. The third-order valence-electron chi connectivity index (χ3n) is 1.92. The molecule has 0 saturated carbocycles. The van der Waals surface area contributed by atoms with Gasteiger partial charge in [-0.3, -0.25) is 0 Å². The number of rotatable bonds is 2. The topological polar surface area (TPSA) is 43.6 Å². The monoisotopic (exact) mass is 380 g/mol. The standard InChI is InChI=1S/C10H11N4.Ir/c1-8(2)10-13-12-7-14(10)9-5-3-4-6-11-9;/h3-6,8H,1-2H3;/q-1;. The number of nitrogens with zero attached hydrogens (tertiary/aromatic N) is 4. The predicted octanol–water partition coefficient (Wildman–Crippen LogP) is 1.58. The van der Waals surface area contributed by atoms with Crippen molar-refractivity contribution in [3.63, 3.8) is 0 Å². The van der Waals surface area contributed by atoms with E-state index in [0.29, 0.717) is 5.92 Å². The molecule has 0 spiro atoms. The summed E-state index contributed by atoms with van der Waals surface area (Å²) in [6.45, 7) is 4.13. The summed E-state index contributed by atoms with van der Waals surface area (Å²) in [6.07, 6.45) is 4.54. The Balaban J connectivity index is 0.00000112. The second kappa shape index (κ2) is 5.14. The summed E-state index contributed by atoms with van der Waals surface area (Å²) in [6, 6.07) is 5.72. The van der Waals surface area contributed by atoms with Crippen molar-refractivity contribution in [3.05, 3.63) is 36.5 Å². The van der Waals surface area contributed by atoms with Gasteiger partial charge in [-0.15, -0.1) is 0 Å². The molecule has 2 aromatic rings. The number of hydrogen-bond acceptors (Lipinski definition) is 3. The summed E-state index contributed by atoms with van der Waals surface area (Å²) < 4.78 is 1.78. The van der Waals surface area contributed by atoms with Crippen LogP contribution in [0.2, 0.25) is 0 Å². The van der Waals surface area contributed by atoms with Gasteiger partial charge in [-0.05, 0) is 12.0 Å². The van der Waals surface area contributed by atoms with Crippen LogP contribution in [0, 0.1) is 6.33 Å². The first-order chi connectivity index (χ1) is 6.79. The molecule has 0 fully saturated rings. The van der Waals surface area contributed by atoms with Crippen molar-refractivity contribution < 1.29 is 20.1 Å². The molecule has 4 nitrogen and oxygen atoms in total. The predicted molar refractivity (Wildman–Crippen MR) is 52.1 cm³/mol. The summed E-state index contributed by atoms with van der Waals surface area (Å²) in [5.41, 5.74) is 0. The fraction of sp³-hybridized carbons (Fsp3) is 0.300. The van der Waals surface area contributed by atoms with Crippen LogP contribution in [0.4, 0.5) is 0 Å². The Morgan fingerprint density at radius 3 is 2.73 bits per heavy atom. The van der Waals surface area contributed by atoms with E-state index in [1.165, 1.54) is 0 Å². The van der Waals surface area contributed by atoms with Gasteiger partial charge < -0.3 is 9.55 Å². The molecule has 0 atom stereocenters. The summed E-state index contributed by atoms with van der Waals surface area (Å²) in [4.78, 5) is 4.22. The van der Waals surface area contributed by atoms with Crippen LogP contribution in [0.25, 0.3) is 5.82 Å². The molecule has 81 valence electrons.